The molecule has 2 N–H and O–H groups in total. The number of hydrogen-bond acceptors (Lipinski definition) is 3. The Morgan fingerprint density at radius 1 is 1.07 bits per heavy atom. The molecule has 0 aliphatic heterocycles. The van der Waals surface area contributed by atoms with E-state index in [2.05, 4.69) is 21.5 Å². The van der Waals surface area contributed by atoms with Gasteiger partial charge in [0.1, 0.15) is 0 Å². The molecule has 4 aromatic rings. The molecule has 2 aromatic carbocycles. The van der Waals surface area contributed by atoms with Gasteiger partial charge in [-0.3, -0.25) is 9.59 Å². The summed E-state index contributed by atoms with van der Waals surface area (Å²) >= 11 is 0. The van der Waals surface area contributed by atoms with Crippen LogP contribution < -0.4 is 10.9 Å². The Labute approximate surface area is 174 Å². The number of hydrogen-bond donors (Lipinski definition) is 2. The molecule has 0 atom stereocenters. The second kappa shape index (κ2) is 8.53. The minimum atomic E-state index is -0.109. The maximum atomic E-state index is 12.7. The van der Waals surface area contributed by atoms with Crippen LogP contribution >= 0.6 is 0 Å². The summed E-state index contributed by atoms with van der Waals surface area (Å²) in [5, 5.41) is 10.0. The van der Waals surface area contributed by atoms with Crippen molar-refractivity contribution in [2.45, 2.75) is 33.2 Å². The zero-order valence-corrected chi connectivity index (χ0v) is 17.3. The molecule has 0 aliphatic rings. The molecule has 6 nitrogen and oxygen atoms in total. The molecule has 1 amide bonds. The van der Waals surface area contributed by atoms with Crippen LogP contribution in [0, 0.1) is 5.92 Å². The monoisotopic (exact) mass is 402 g/mol. The number of aromatic amines is 1. The normalized spacial score (nSPS) is 11.4. The lowest BCUT2D eigenvalue weighted by molar-refractivity contribution is -0.120. The van der Waals surface area contributed by atoms with Crippen LogP contribution in [-0.4, -0.2) is 27.2 Å². The van der Waals surface area contributed by atoms with E-state index in [9.17, 15) is 9.59 Å². The first kappa shape index (κ1) is 19.9. The van der Waals surface area contributed by atoms with E-state index in [1.807, 2.05) is 56.4 Å². The van der Waals surface area contributed by atoms with Crippen LogP contribution in [-0.2, 0) is 24.2 Å². The van der Waals surface area contributed by atoms with Gasteiger partial charge in [0.25, 0.3) is 5.56 Å². The van der Waals surface area contributed by atoms with E-state index in [-0.39, 0.29) is 23.8 Å². The SMILES string of the molecule is CC(C)Cn1nc(CC(=O)NCCc2c[nH]c3ccccc23)c2ccccc2c1=O. The zero-order chi connectivity index (χ0) is 21.1. The second-order valence-corrected chi connectivity index (χ2v) is 8.01. The van der Waals surface area contributed by atoms with Gasteiger partial charge in [0, 0.05) is 35.6 Å². The first-order valence-electron chi connectivity index (χ1n) is 10.3. The second-order valence-electron chi connectivity index (χ2n) is 8.01. The molecule has 2 heterocycles. The first-order chi connectivity index (χ1) is 14.5. The summed E-state index contributed by atoms with van der Waals surface area (Å²) < 4.78 is 1.49. The Bertz CT molecular complexity index is 1250. The van der Waals surface area contributed by atoms with Gasteiger partial charge in [-0.15, -0.1) is 0 Å². The Hall–Kier alpha value is -3.41. The van der Waals surface area contributed by atoms with Gasteiger partial charge in [0.15, 0.2) is 0 Å². The lowest BCUT2D eigenvalue weighted by Gasteiger charge is -2.12. The van der Waals surface area contributed by atoms with Crippen LogP contribution in [0.15, 0.2) is 59.5 Å². The van der Waals surface area contributed by atoms with Gasteiger partial charge in [-0.1, -0.05) is 50.2 Å². The van der Waals surface area contributed by atoms with E-state index < -0.39 is 0 Å². The van der Waals surface area contributed by atoms with E-state index in [0.29, 0.717) is 24.2 Å². The summed E-state index contributed by atoms with van der Waals surface area (Å²) in [6.07, 6.45) is 2.89. The third-order valence-corrected chi connectivity index (χ3v) is 5.20. The number of para-hydroxylation sites is 1. The van der Waals surface area contributed by atoms with Crippen LogP contribution in [0.25, 0.3) is 21.7 Å². The molecule has 154 valence electrons. The zero-order valence-electron chi connectivity index (χ0n) is 17.3. The van der Waals surface area contributed by atoms with Crippen LogP contribution in [0.4, 0.5) is 0 Å². The summed E-state index contributed by atoms with van der Waals surface area (Å²) in [6, 6.07) is 15.5. The van der Waals surface area contributed by atoms with Crippen LogP contribution in [0.5, 0.6) is 0 Å². The van der Waals surface area contributed by atoms with Crippen molar-refractivity contribution in [1.29, 1.82) is 0 Å². The quantitative estimate of drug-likeness (QED) is 0.497. The number of nitrogens with zero attached hydrogens (tertiary/aromatic N) is 2. The highest BCUT2D eigenvalue weighted by Gasteiger charge is 2.14. The molecule has 2 aromatic heterocycles. The fourth-order valence-electron chi connectivity index (χ4n) is 3.80. The Morgan fingerprint density at radius 2 is 1.77 bits per heavy atom. The molecule has 0 saturated carbocycles. The van der Waals surface area contributed by atoms with Gasteiger partial charge in [-0.2, -0.15) is 5.10 Å². The van der Waals surface area contributed by atoms with Gasteiger partial charge in [0.2, 0.25) is 5.91 Å². The predicted octanol–water partition coefficient (Wildman–Crippen LogP) is 3.44. The van der Waals surface area contributed by atoms with E-state index in [4.69, 9.17) is 0 Å². The molecule has 0 spiro atoms. The highest BCUT2D eigenvalue weighted by molar-refractivity contribution is 5.88. The van der Waals surface area contributed by atoms with Crippen molar-refractivity contribution in [3.05, 3.63) is 76.3 Å². The lowest BCUT2D eigenvalue weighted by atomic mass is 10.1. The highest BCUT2D eigenvalue weighted by atomic mass is 16.1. The number of aromatic nitrogens is 3. The van der Waals surface area contributed by atoms with Crippen molar-refractivity contribution >= 4 is 27.6 Å². The average Bonchev–Trinajstić information content (AvgIpc) is 3.14. The lowest BCUT2D eigenvalue weighted by Crippen LogP contribution is -2.30. The van der Waals surface area contributed by atoms with Gasteiger partial charge < -0.3 is 10.3 Å². The fourth-order valence-corrected chi connectivity index (χ4v) is 3.80. The van der Waals surface area contributed by atoms with Gasteiger partial charge in [0.05, 0.1) is 17.5 Å². The Balaban J connectivity index is 1.48. The van der Waals surface area contributed by atoms with E-state index in [1.54, 1.807) is 6.07 Å². The van der Waals surface area contributed by atoms with Crippen LogP contribution in [0.3, 0.4) is 0 Å². The molecule has 0 unspecified atom stereocenters. The van der Waals surface area contributed by atoms with Crippen LogP contribution in [0.1, 0.15) is 25.1 Å². The van der Waals surface area contributed by atoms with Gasteiger partial charge in [-0.05, 0) is 30.0 Å². The largest absolute Gasteiger partial charge is 0.361 e. The predicted molar refractivity (Wildman–Crippen MR) is 120 cm³/mol. The summed E-state index contributed by atoms with van der Waals surface area (Å²) in [5.74, 6) is 0.191. The first-order valence-corrected chi connectivity index (χ1v) is 10.3. The summed E-state index contributed by atoms with van der Waals surface area (Å²) in [6.45, 7) is 5.16. The standard InChI is InChI=1S/C24H26N4O2/c1-16(2)15-28-24(30)20-9-4-3-8-19(20)22(27-28)13-23(29)25-12-11-17-14-26-21-10-6-5-7-18(17)21/h3-10,14,16,26H,11-13,15H2,1-2H3,(H,25,29). The van der Waals surface area contributed by atoms with E-state index in [0.717, 1.165) is 17.3 Å². The number of amides is 1. The summed E-state index contributed by atoms with van der Waals surface area (Å²) in [4.78, 5) is 28.6. The average molecular weight is 402 g/mol. The van der Waals surface area contributed by atoms with Crippen molar-refractivity contribution in [2.24, 2.45) is 5.92 Å². The minimum Gasteiger partial charge on any atom is -0.361 e. The molecule has 4 rings (SSSR count). The molecular weight excluding hydrogens is 376 g/mol. The molecule has 0 aliphatic carbocycles. The number of carbonyl (C=O) groups is 1. The molecule has 0 saturated heterocycles. The number of rotatable bonds is 7. The van der Waals surface area contributed by atoms with Crippen LogP contribution in [0.2, 0.25) is 0 Å². The fraction of sp³-hybridized carbons (Fsp3) is 0.292. The molecule has 6 heteroatoms. The maximum absolute atomic E-state index is 12.7. The topological polar surface area (TPSA) is 79.8 Å². The number of nitrogens with one attached hydrogen (secondary N) is 2. The smallest absolute Gasteiger partial charge is 0.274 e. The Morgan fingerprint density at radius 3 is 2.53 bits per heavy atom. The number of H-pyrrole nitrogens is 1. The summed E-state index contributed by atoms with van der Waals surface area (Å²) in [5.41, 5.74) is 2.81. The van der Waals surface area contributed by atoms with Crippen molar-refractivity contribution in [2.75, 3.05) is 6.54 Å². The van der Waals surface area contributed by atoms with E-state index >= 15 is 0 Å². The Kier molecular flexibility index (Phi) is 5.65. The molecule has 0 radical (unpaired) electrons. The maximum Gasteiger partial charge on any atom is 0.274 e. The van der Waals surface area contributed by atoms with Gasteiger partial charge in [-0.25, -0.2) is 4.68 Å². The van der Waals surface area contributed by atoms with Gasteiger partial charge >= 0.3 is 0 Å². The third-order valence-electron chi connectivity index (χ3n) is 5.20. The third kappa shape index (κ3) is 4.13. The molecule has 0 fully saturated rings. The van der Waals surface area contributed by atoms with Crippen molar-refractivity contribution in [1.82, 2.24) is 20.1 Å². The van der Waals surface area contributed by atoms with Crippen molar-refractivity contribution < 1.29 is 4.79 Å². The number of benzene rings is 2. The van der Waals surface area contributed by atoms with E-state index in [1.165, 1.54) is 15.6 Å². The molecule has 0 bridgehead atoms. The summed E-state index contributed by atoms with van der Waals surface area (Å²) in [7, 11) is 0. The minimum absolute atomic E-state index is 0.0951. The molecule has 30 heavy (non-hydrogen) atoms. The number of fused-ring (bicyclic) bond motifs is 2. The highest BCUT2D eigenvalue weighted by Crippen LogP contribution is 2.18. The van der Waals surface area contributed by atoms with Crippen molar-refractivity contribution in [3.63, 3.8) is 0 Å². The van der Waals surface area contributed by atoms with Crippen molar-refractivity contribution in [3.8, 4) is 0 Å². The number of carbonyl (C=O) groups excluding carboxylic acids is 1. The molecular formula is C24H26N4O2.